The van der Waals surface area contributed by atoms with Crippen molar-refractivity contribution in [3.05, 3.63) is 96.3 Å². The van der Waals surface area contributed by atoms with Gasteiger partial charge in [-0.1, -0.05) is 37.5 Å². The van der Waals surface area contributed by atoms with E-state index in [1.54, 1.807) is 37.1 Å². The number of amides is 1. The van der Waals surface area contributed by atoms with Crippen LogP contribution in [0.2, 0.25) is 0 Å². The maximum Gasteiger partial charge on any atom is 0.265 e. The van der Waals surface area contributed by atoms with E-state index >= 15 is 0 Å². The Bertz CT molecular complexity index is 767. The summed E-state index contributed by atoms with van der Waals surface area (Å²) < 4.78 is 13.6. The largest absolute Gasteiger partial charge is 0.381 e. The topological polar surface area (TPSA) is 58.4 Å². The van der Waals surface area contributed by atoms with Gasteiger partial charge in [-0.05, 0) is 43.6 Å². The van der Waals surface area contributed by atoms with Gasteiger partial charge in [0.25, 0.3) is 5.91 Å². The summed E-state index contributed by atoms with van der Waals surface area (Å²) in [5.41, 5.74) is 9.37. The fraction of sp³-hybridized carbons (Fsp3) is 0.261. The lowest BCUT2D eigenvalue weighted by molar-refractivity contribution is -0.115. The molecule has 0 saturated heterocycles. The molecular formula is C23H32FN3O. The number of carbonyl (C=O) groups excluding carboxylic acids is 1. The minimum atomic E-state index is -0.548. The summed E-state index contributed by atoms with van der Waals surface area (Å²) in [6.45, 7) is 19.9. The zero-order chi connectivity index (χ0) is 21.9. The quantitative estimate of drug-likeness (QED) is 0.358. The van der Waals surface area contributed by atoms with Crippen molar-refractivity contribution in [1.82, 2.24) is 10.2 Å². The highest BCUT2D eigenvalue weighted by molar-refractivity contribution is 5.92. The Morgan fingerprint density at radius 2 is 2.00 bits per heavy atom. The summed E-state index contributed by atoms with van der Waals surface area (Å²) in [5, 5.41) is 3.15. The molecule has 0 heterocycles. The number of halogens is 1. The molecule has 0 aromatic rings. The molecule has 0 spiro atoms. The SMILES string of the molecule is C=C.C=C(/C=C(/C(N)=O)N(C)/C(C)=C\C)C(=C)NCC1=CC(C)=C(F)CC=C1. The molecule has 0 aliphatic heterocycles. The normalized spacial score (nSPS) is 14.4. The third kappa shape index (κ3) is 7.66. The fourth-order valence-electron chi connectivity index (χ4n) is 2.28. The Morgan fingerprint density at radius 1 is 1.39 bits per heavy atom. The lowest BCUT2D eigenvalue weighted by Gasteiger charge is -2.22. The van der Waals surface area contributed by atoms with Gasteiger partial charge in [-0.3, -0.25) is 4.79 Å². The molecule has 1 aliphatic rings. The number of allylic oxidation sites excluding steroid dienone is 7. The van der Waals surface area contributed by atoms with Crippen LogP contribution in [-0.2, 0) is 4.79 Å². The minimum absolute atomic E-state index is 0.129. The smallest absolute Gasteiger partial charge is 0.265 e. The van der Waals surface area contributed by atoms with E-state index in [0.717, 1.165) is 11.3 Å². The van der Waals surface area contributed by atoms with Crippen LogP contribution in [0.5, 0.6) is 0 Å². The molecule has 4 nitrogen and oxygen atoms in total. The zero-order valence-corrected chi connectivity index (χ0v) is 17.4. The first-order valence-electron chi connectivity index (χ1n) is 8.89. The van der Waals surface area contributed by atoms with E-state index in [0.29, 0.717) is 35.5 Å². The average Bonchev–Trinajstić information content (AvgIpc) is 2.84. The van der Waals surface area contributed by atoms with Crippen molar-refractivity contribution in [2.45, 2.75) is 27.2 Å². The first-order valence-corrected chi connectivity index (χ1v) is 8.89. The molecular weight excluding hydrogens is 353 g/mol. The second kappa shape index (κ2) is 12.3. The van der Waals surface area contributed by atoms with E-state index in [9.17, 15) is 9.18 Å². The van der Waals surface area contributed by atoms with Crippen molar-refractivity contribution in [3.8, 4) is 0 Å². The van der Waals surface area contributed by atoms with Crippen molar-refractivity contribution in [2.75, 3.05) is 13.6 Å². The second-order valence-electron chi connectivity index (χ2n) is 6.15. The number of carbonyl (C=O) groups is 1. The molecule has 0 bridgehead atoms. The van der Waals surface area contributed by atoms with Gasteiger partial charge in [0, 0.05) is 31.4 Å². The van der Waals surface area contributed by atoms with Crippen LogP contribution >= 0.6 is 0 Å². The summed E-state index contributed by atoms with van der Waals surface area (Å²) in [6.07, 6.45) is 9.26. The molecule has 152 valence electrons. The van der Waals surface area contributed by atoms with Crippen LogP contribution in [0.25, 0.3) is 0 Å². The van der Waals surface area contributed by atoms with Crippen molar-refractivity contribution in [1.29, 1.82) is 0 Å². The van der Waals surface area contributed by atoms with Crippen LogP contribution < -0.4 is 11.1 Å². The molecule has 0 saturated carbocycles. The van der Waals surface area contributed by atoms with Crippen molar-refractivity contribution >= 4 is 5.91 Å². The Labute approximate surface area is 168 Å². The molecule has 1 aliphatic carbocycles. The Balaban J connectivity index is 0.00000352. The number of hydrogen-bond donors (Lipinski definition) is 2. The molecule has 0 unspecified atom stereocenters. The number of nitrogens with zero attached hydrogens (tertiary/aromatic N) is 1. The summed E-state index contributed by atoms with van der Waals surface area (Å²) in [4.78, 5) is 13.5. The Morgan fingerprint density at radius 3 is 2.54 bits per heavy atom. The molecule has 0 fully saturated rings. The summed E-state index contributed by atoms with van der Waals surface area (Å²) in [7, 11) is 1.76. The molecule has 0 aromatic carbocycles. The zero-order valence-electron chi connectivity index (χ0n) is 17.4. The van der Waals surface area contributed by atoms with Gasteiger partial charge in [0.1, 0.15) is 11.5 Å². The summed E-state index contributed by atoms with van der Waals surface area (Å²) in [5.74, 6) is -0.677. The third-order valence-corrected chi connectivity index (χ3v) is 4.22. The van der Waals surface area contributed by atoms with Gasteiger partial charge in [0.05, 0.1) is 0 Å². The van der Waals surface area contributed by atoms with Gasteiger partial charge in [0.2, 0.25) is 0 Å². The highest BCUT2D eigenvalue weighted by Crippen LogP contribution is 2.19. The van der Waals surface area contributed by atoms with Gasteiger partial charge in [-0.2, -0.15) is 0 Å². The maximum absolute atomic E-state index is 13.6. The first-order chi connectivity index (χ1) is 13.2. The summed E-state index contributed by atoms with van der Waals surface area (Å²) in [6, 6.07) is 0. The number of hydrogen-bond acceptors (Lipinski definition) is 3. The predicted molar refractivity (Wildman–Crippen MR) is 118 cm³/mol. The van der Waals surface area contributed by atoms with Crippen LogP contribution in [0, 0.1) is 0 Å². The van der Waals surface area contributed by atoms with E-state index in [2.05, 4.69) is 31.6 Å². The van der Waals surface area contributed by atoms with E-state index in [1.807, 2.05) is 26.0 Å². The molecule has 28 heavy (non-hydrogen) atoms. The van der Waals surface area contributed by atoms with E-state index < -0.39 is 5.91 Å². The third-order valence-electron chi connectivity index (χ3n) is 4.22. The van der Waals surface area contributed by atoms with Crippen molar-refractivity contribution < 1.29 is 9.18 Å². The molecule has 1 amide bonds. The fourth-order valence-corrected chi connectivity index (χ4v) is 2.28. The van der Waals surface area contributed by atoms with Gasteiger partial charge in [-0.15, -0.1) is 13.2 Å². The standard InChI is InChI=1S/C21H28FN3O.C2H4/c1-7-16(4)25(6)20(21(23)26)12-14(2)17(5)24-13-18-9-8-10-19(22)15(3)11-18;1-2/h7-9,11-12,24H,2,5,10,13H2,1,3-4,6H3,(H2,23,26);1-2H2/b16-7-,20-12-;. The van der Waals surface area contributed by atoms with Gasteiger partial charge in [-0.25, -0.2) is 4.39 Å². The summed E-state index contributed by atoms with van der Waals surface area (Å²) >= 11 is 0. The number of nitrogens with one attached hydrogen (secondary N) is 1. The molecule has 0 radical (unpaired) electrons. The van der Waals surface area contributed by atoms with Crippen LogP contribution in [0.15, 0.2) is 96.3 Å². The maximum atomic E-state index is 13.6. The van der Waals surface area contributed by atoms with Gasteiger partial charge < -0.3 is 16.0 Å². The number of primary amides is 1. The molecule has 0 atom stereocenters. The first kappa shape index (κ1) is 24.9. The van der Waals surface area contributed by atoms with E-state index in [-0.39, 0.29) is 5.83 Å². The monoisotopic (exact) mass is 385 g/mol. The van der Waals surface area contributed by atoms with Crippen molar-refractivity contribution in [2.24, 2.45) is 5.73 Å². The molecule has 3 N–H and O–H groups in total. The van der Waals surface area contributed by atoms with Crippen LogP contribution in [0.3, 0.4) is 0 Å². The molecule has 5 heteroatoms. The number of nitrogens with two attached hydrogens (primary N) is 1. The highest BCUT2D eigenvalue weighted by Gasteiger charge is 2.13. The van der Waals surface area contributed by atoms with E-state index in [1.165, 1.54) is 0 Å². The predicted octanol–water partition coefficient (Wildman–Crippen LogP) is 4.80. The highest BCUT2D eigenvalue weighted by atomic mass is 19.1. The van der Waals surface area contributed by atoms with Crippen LogP contribution in [0.4, 0.5) is 4.39 Å². The van der Waals surface area contributed by atoms with Crippen LogP contribution in [-0.4, -0.2) is 24.4 Å². The Kier molecular flexibility index (Phi) is 11.0. The number of rotatable bonds is 8. The second-order valence-corrected chi connectivity index (χ2v) is 6.15. The lowest BCUT2D eigenvalue weighted by atomic mass is 10.1. The Hall–Kier alpha value is -3.08. The van der Waals surface area contributed by atoms with Gasteiger partial charge in [0.15, 0.2) is 0 Å². The molecule has 1 rings (SSSR count). The lowest BCUT2D eigenvalue weighted by Crippen LogP contribution is -2.27. The number of likely N-dealkylation sites (N-methyl/N-ethyl adjacent to an activating group) is 1. The molecule has 0 aromatic heterocycles. The average molecular weight is 386 g/mol. The van der Waals surface area contributed by atoms with Crippen molar-refractivity contribution in [3.63, 3.8) is 0 Å². The van der Waals surface area contributed by atoms with Gasteiger partial charge >= 0.3 is 0 Å². The van der Waals surface area contributed by atoms with Crippen LogP contribution in [0.1, 0.15) is 27.2 Å². The van der Waals surface area contributed by atoms with E-state index in [4.69, 9.17) is 5.73 Å². The minimum Gasteiger partial charge on any atom is -0.381 e.